The molecule has 0 radical (unpaired) electrons. The Morgan fingerprint density at radius 2 is 2.37 bits per heavy atom. The summed E-state index contributed by atoms with van der Waals surface area (Å²) in [5, 5.41) is 3.89. The molecule has 4 heteroatoms. The average Bonchev–Trinajstić information content (AvgIpc) is 2.39. The maximum atomic E-state index is 12.3. The van der Waals surface area contributed by atoms with Crippen molar-refractivity contribution in [3.63, 3.8) is 0 Å². The van der Waals surface area contributed by atoms with Gasteiger partial charge in [0.25, 0.3) is 0 Å². The summed E-state index contributed by atoms with van der Waals surface area (Å²) in [5.41, 5.74) is 0.994. The lowest BCUT2D eigenvalue weighted by atomic mass is 9.97. The number of hydrogen-bond donors (Lipinski definition) is 1. The number of hydrogen-bond acceptors (Lipinski definition) is 2. The molecule has 1 atom stereocenters. The van der Waals surface area contributed by atoms with Gasteiger partial charge in [0.05, 0.1) is 6.42 Å². The molecule has 1 heterocycles. The Morgan fingerprint density at radius 1 is 1.53 bits per heavy atom. The fourth-order valence-electron chi connectivity index (χ4n) is 2.68. The minimum Gasteiger partial charge on any atom is -0.342 e. The van der Waals surface area contributed by atoms with Crippen LogP contribution in [0.4, 0.5) is 0 Å². The molecule has 1 aromatic carbocycles. The summed E-state index contributed by atoms with van der Waals surface area (Å²) in [6, 6.07) is 7.55. The van der Waals surface area contributed by atoms with E-state index in [1.807, 2.05) is 36.2 Å². The molecule has 1 amide bonds. The molecule has 0 saturated carbocycles. The molecule has 19 heavy (non-hydrogen) atoms. The molecule has 1 saturated heterocycles. The van der Waals surface area contributed by atoms with Gasteiger partial charge in [0.15, 0.2) is 0 Å². The monoisotopic (exact) mass is 280 g/mol. The first-order valence-corrected chi connectivity index (χ1v) is 7.23. The van der Waals surface area contributed by atoms with Gasteiger partial charge >= 0.3 is 0 Å². The van der Waals surface area contributed by atoms with Gasteiger partial charge in [-0.2, -0.15) is 0 Å². The Hall–Kier alpha value is -1.06. The highest BCUT2D eigenvalue weighted by molar-refractivity contribution is 6.30. The van der Waals surface area contributed by atoms with E-state index in [4.69, 9.17) is 11.6 Å². The van der Waals surface area contributed by atoms with Crippen LogP contribution in [0.25, 0.3) is 0 Å². The van der Waals surface area contributed by atoms with Crippen molar-refractivity contribution in [3.05, 3.63) is 34.9 Å². The van der Waals surface area contributed by atoms with Crippen molar-refractivity contribution in [2.75, 3.05) is 26.7 Å². The van der Waals surface area contributed by atoms with Crippen molar-refractivity contribution < 1.29 is 4.79 Å². The van der Waals surface area contributed by atoms with Crippen LogP contribution in [0.15, 0.2) is 24.3 Å². The second-order valence-corrected chi connectivity index (χ2v) is 5.65. The van der Waals surface area contributed by atoms with Crippen LogP contribution < -0.4 is 5.32 Å². The quantitative estimate of drug-likeness (QED) is 0.918. The number of piperidine rings is 1. The smallest absolute Gasteiger partial charge is 0.227 e. The molecule has 0 spiro atoms. The second-order valence-electron chi connectivity index (χ2n) is 5.21. The van der Waals surface area contributed by atoms with E-state index in [2.05, 4.69) is 5.32 Å². The van der Waals surface area contributed by atoms with Gasteiger partial charge in [0, 0.05) is 18.1 Å². The fourth-order valence-corrected chi connectivity index (χ4v) is 2.89. The molecule has 2 rings (SSSR count). The van der Waals surface area contributed by atoms with Crippen LogP contribution >= 0.6 is 11.6 Å². The normalized spacial score (nSPS) is 19.5. The number of rotatable bonds is 4. The van der Waals surface area contributed by atoms with Crippen LogP contribution in [0.2, 0.25) is 5.02 Å². The van der Waals surface area contributed by atoms with Crippen LogP contribution in [-0.4, -0.2) is 37.5 Å². The molecule has 1 unspecified atom stereocenters. The van der Waals surface area contributed by atoms with Gasteiger partial charge in [0.1, 0.15) is 0 Å². The highest BCUT2D eigenvalue weighted by atomic mass is 35.5. The first-order valence-electron chi connectivity index (χ1n) is 6.86. The van der Waals surface area contributed by atoms with Gasteiger partial charge in [-0.3, -0.25) is 4.79 Å². The van der Waals surface area contributed by atoms with E-state index in [1.165, 1.54) is 6.42 Å². The zero-order chi connectivity index (χ0) is 13.7. The summed E-state index contributed by atoms with van der Waals surface area (Å²) >= 11 is 5.95. The minimum absolute atomic E-state index is 0.211. The lowest BCUT2D eigenvalue weighted by molar-refractivity contribution is -0.132. The molecule has 0 aromatic heterocycles. The van der Waals surface area contributed by atoms with Gasteiger partial charge in [-0.05, 0) is 50.0 Å². The number of carbonyl (C=O) groups is 1. The number of carbonyl (C=O) groups excluding carboxylic acids is 1. The molecular formula is C15H21ClN2O. The number of amides is 1. The Morgan fingerprint density at radius 3 is 3.11 bits per heavy atom. The van der Waals surface area contributed by atoms with Crippen LogP contribution in [0, 0.1) is 5.92 Å². The Kier molecular flexibility index (Phi) is 5.23. The zero-order valence-electron chi connectivity index (χ0n) is 11.4. The predicted octanol–water partition coefficient (Wildman–Crippen LogP) is 2.34. The third kappa shape index (κ3) is 4.22. The van der Waals surface area contributed by atoms with Crippen molar-refractivity contribution in [2.45, 2.75) is 19.3 Å². The minimum atomic E-state index is 0.211. The van der Waals surface area contributed by atoms with E-state index in [9.17, 15) is 4.79 Å². The molecule has 1 fully saturated rings. The third-order valence-corrected chi connectivity index (χ3v) is 3.84. The Labute approximate surface area is 119 Å². The summed E-state index contributed by atoms with van der Waals surface area (Å²) in [7, 11) is 1.97. The molecule has 0 bridgehead atoms. The lowest BCUT2D eigenvalue weighted by Gasteiger charge is -2.32. The molecule has 1 aliphatic rings. The predicted molar refractivity (Wildman–Crippen MR) is 78.4 cm³/mol. The topological polar surface area (TPSA) is 32.3 Å². The largest absolute Gasteiger partial charge is 0.342 e. The van der Waals surface area contributed by atoms with Crippen LogP contribution in [-0.2, 0) is 11.2 Å². The number of likely N-dealkylation sites (tertiary alicyclic amines) is 1. The van der Waals surface area contributed by atoms with Crippen LogP contribution in [0.3, 0.4) is 0 Å². The van der Waals surface area contributed by atoms with Crippen LogP contribution in [0.1, 0.15) is 18.4 Å². The molecule has 3 nitrogen and oxygen atoms in total. The highest BCUT2D eigenvalue weighted by Gasteiger charge is 2.23. The van der Waals surface area contributed by atoms with E-state index in [1.54, 1.807) is 0 Å². The maximum absolute atomic E-state index is 12.3. The number of nitrogens with zero attached hydrogens (tertiary/aromatic N) is 1. The summed E-state index contributed by atoms with van der Waals surface area (Å²) in [4.78, 5) is 14.3. The van der Waals surface area contributed by atoms with Gasteiger partial charge < -0.3 is 10.2 Å². The summed E-state index contributed by atoms with van der Waals surface area (Å²) in [6.45, 7) is 2.75. The highest BCUT2D eigenvalue weighted by Crippen LogP contribution is 2.18. The first kappa shape index (κ1) is 14.4. The van der Waals surface area contributed by atoms with Gasteiger partial charge in [-0.1, -0.05) is 23.7 Å². The zero-order valence-corrected chi connectivity index (χ0v) is 12.1. The Balaban J connectivity index is 1.92. The summed E-state index contributed by atoms with van der Waals surface area (Å²) in [5.74, 6) is 0.796. The van der Waals surface area contributed by atoms with E-state index in [0.717, 1.165) is 31.6 Å². The molecule has 1 aromatic rings. The fraction of sp³-hybridized carbons (Fsp3) is 0.533. The van der Waals surface area contributed by atoms with Gasteiger partial charge in [-0.25, -0.2) is 0 Å². The number of benzene rings is 1. The number of halogens is 1. The molecule has 104 valence electrons. The van der Waals surface area contributed by atoms with Crippen molar-refractivity contribution in [1.82, 2.24) is 10.2 Å². The molecule has 0 aliphatic carbocycles. The third-order valence-electron chi connectivity index (χ3n) is 3.61. The van der Waals surface area contributed by atoms with E-state index in [0.29, 0.717) is 17.4 Å². The summed E-state index contributed by atoms with van der Waals surface area (Å²) in [6.07, 6.45) is 2.77. The van der Waals surface area contributed by atoms with Crippen molar-refractivity contribution >= 4 is 17.5 Å². The summed E-state index contributed by atoms with van der Waals surface area (Å²) < 4.78 is 0. The Bertz CT molecular complexity index is 434. The SMILES string of the molecule is CNCC1CCCN(C(=O)Cc2cccc(Cl)c2)C1. The van der Waals surface area contributed by atoms with Crippen LogP contribution in [0.5, 0.6) is 0 Å². The average molecular weight is 281 g/mol. The van der Waals surface area contributed by atoms with Gasteiger partial charge in [0.2, 0.25) is 5.91 Å². The first-order chi connectivity index (χ1) is 9.19. The second kappa shape index (κ2) is 6.92. The van der Waals surface area contributed by atoms with Crippen molar-refractivity contribution in [1.29, 1.82) is 0 Å². The maximum Gasteiger partial charge on any atom is 0.227 e. The van der Waals surface area contributed by atoms with E-state index < -0.39 is 0 Å². The van der Waals surface area contributed by atoms with Crippen molar-refractivity contribution in [2.24, 2.45) is 5.92 Å². The molecule has 1 aliphatic heterocycles. The van der Waals surface area contributed by atoms with Crippen molar-refractivity contribution in [3.8, 4) is 0 Å². The standard InChI is InChI=1S/C15H21ClN2O/c1-17-10-13-5-3-7-18(11-13)15(19)9-12-4-2-6-14(16)8-12/h2,4,6,8,13,17H,3,5,7,9-11H2,1H3. The number of nitrogens with one attached hydrogen (secondary N) is 1. The van der Waals surface area contributed by atoms with E-state index in [-0.39, 0.29) is 5.91 Å². The molecule has 1 N–H and O–H groups in total. The molecular weight excluding hydrogens is 260 g/mol. The van der Waals surface area contributed by atoms with E-state index >= 15 is 0 Å². The lowest BCUT2D eigenvalue weighted by Crippen LogP contribution is -2.43. The van der Waals surface area contributed by atoms with Gasteiger partial charge in [-0.15, -0.1) is 0 Å².